The van der Waals surface area contributed by atoms with E-state index < -0.39 is 0 Å². The van der Waals surface area contributed by atoms with Gasteiger partial charge in [-0.3, -0.25) is 0 Å². The molecule has 1 fully saturated rings. The summed E-state index contributed by atoms with van der Waals surface area (Å²) in [7, 11) is 1.74. The van der Waals surface area contributed by atoms with E-state index in [-0.39, 0.29) is 0 Å². The van der Waals surface area contributed by atoms with Crippen molar-refractivity contribution in [2.24, 2.45) is 0 Å². The zero-order chi connectivity index (χ0) is 10.8. The molecule has 0 amide bonds. The smallest absolute Gasteiger partial charge is 0.124 e. The lowest BCUT2D eigenvalue weighted by atomic mass is 9.99. The van der Waals surface area contributed by atoms with Crippen LogP contribution < -0.4 is 10.1 Å². The Morgan fingerprint density at radius 3 is 2.40 bits per heavy atom. The average Bonchev–Trinajstić information content (AvgIpc) is 2.69. The SMILES string of the molecule is COc1c(C)cc([C@@H]2CCCN2)cc1C. The second kappa shape index (κ2) is 4.23. The summed E-state index contributed by atoms with van der Waals surface area (Å²) < 4.78 is 5.37. The predicted octanol–water partition coefficient (Wildman–Crippen LogP) is 2.74. The molecular weight excluding hydrogens is 186 g/mol. The van der Waals surface area contributed by atoms with Gasteiger partial charge in [0, 0.05) is 6.04 Å². The first-order valence-corrected chi connectivity index (χ1v) is 5.61. The molecule has 0 radical (unpaired) electrons. The first kappa shape index (κ1) is 10.5. The fourth-order valence-electron chi connectivity index (χ4n) is 2.48. The molecule has 1 saturated heterocycles. The number of benzene rings is 1. The van der Waals surface area contributed by atoms with Crippen LogP contribution >= 0.6 is 0 Å². The van der Waals surface area contributed by atoms with E-state index in [2.05, 4.69) is 31.3 Å². The van der Waals surface area contributed by atoms with Gasteiger partial charge in [-0.1, -0.05) is 12.1 Å². The lowest BCUT2D eigenvalue weighted by molar-refractivity contribution is 0.408. The van der Waals surface area contributed by atoms with E-state index in [4.69, 9.17) is 4.74 Å². The van der Waals surface area contributed by atoms with Gasteiger partial charge in [0.1, 0.15) is 5.75 Å². The number of nitrogens with one attached hydrogen (secondary N) is 1. The highest BCUT2D eigenvalue weighted by Gasteiger charge is 2.17. The molecule has 1 heterocycles. The van der Waals surface area contributed by atoms with Crippen molar-refractivity contribution in [2.45, 2.75) is 32.7 Å². The number of rotatable bonds is 2. The van der Waals surface area contributed by atoms with Crippen molar-refractivity contribution in [3.8, 4) is 5.75 Å². The number of aryl methyl sites for hydroxylation is 2. The molecule has 0 unspecified atom stereocenters. The van der Waals surface area contributed by atoms with Gasteiger partial charge >= 0.3 is 0 Å². The van der Waals surface area contributed by atoms with Crippen LogP contribution in [0.5, 0.6) is 5.75 Å². The van der Waals surface area contributed by atoms with Gasteiger partial charge < -0.3 is 10.1 Å². The summed E-state index contributed by atoms with van der Waals surface area (Å²) in [6, 6.07) is 5.04. The molecule has 2 nitrogen and oxygen atoms in total. The molecule has 2 rings (SSSR count). The predicted molar refractivity (Wildman–Crippen MR) is 62.4 cm³/mol. The maximum Gasteiger partial charge on any atom is 0.124 e. The Kier molecular flexibility index (Phi) is 2.96. The molecule has 1 aliphatic heterocycles. The molecule has 1 aromatic rings. The lowest BCUT2D eigenvalue weighted by Crippen LogP contribution is -2.13. The van der Waals surface area contributed by atoms with E-state index in [1.807, 2.05) is 0 Å². The second-order valence-electron chi connectivity index (χ2n) is 4.34. The van der Waals surface area contributed by atoms with Crippen molar-refractivity contribution in [1.82, 2.24) is 5.32 Å². The van der Waals surface area contributed by atoms with E-state index >= 15 is 0 Å². The Morgan fingerprint density at radius 2 is 1.93 bits per heavy atom. The largest absolute Gasteiger partial charge is 0.496 e. The number of hydrogen-bond donors (Lipinski definition) is 1. The quantitative estimate of drug-likeness (QED) is 0.801. The summed E-state index contributed by atoms with van der Waals surface area (Å²) in [5.74, 6) is 1.02. The molecule has 15 heavy (non-hydrogen) atoms. The molecule has 0 aromatic heterocycles. The van der Waals surface area contributed by atoms with Crippen LogP contribution in [0, 0.1) is 13.8 Å². The summed E-state index contributed by atoms with van der Waals surface area (Å²) in [6.07, 6.45) is 2.54. The average molecular weight is 205 g/mol. The summed E-state index contributed by atoms with van der Waals surface area (Å²) in [4.78, 5) is 0. The van der Waals surface area contributed by atoms with Crippen LogP contribution in [-0.2, 0) is 0 Å². The summed E-state index contributed by atoms with van der Waals surface area (Å²) in [6.45, 7) is 5.38. The molecule has 0 aliphatic carbocycles. The molecule has 0 spiro atoms. The van der Waals surface area contributed by atoms with Crippen LogP contribution in [0.25, 0.3) is 0 Å². The molecule has 0 bridgehead atoms. The molecule has 2 heteroatoms. The Morgan fingerprint density at radius 1 is 1.27 bits per heavy atom. The number of hydrogen-bond acceptors (Lipinski definition) is 2. The third-order valence-electron chi connectivity index (χ3n) is 3.15. The van der Waals surface area contributed by atoms with Crippen LogP contribution in [0.3, 0.4) is 0 Å². The van der Waals surface area contributed by atoms with Crippen LogP contribution in [-0.4, -0.2) is 13.7 Å². The summed E-state index contributed by atoms with van der Waals surface area (Å²) in [5.41, 5.74) is 3.88. The normalized spacial score (nSPS) is 20.6. The zero-order valence-electron chi connectivity index (χ0n) is 9.76. The molecule has 82 valence electrons. The zero-order valence-corrected chi connectivity index (χ0v) is 9.76. The molecule has 1 aliphatic rings. The van der Waals surface area contributed by atoms with Gasteiger partial charge in [0.2, 0.25) is 0 Å². The van der Waals surface area contributed by atoms with Crippen molar-refractivity contribution < 1.29 is 4.74 Å². The molecule has 1 N–H and O–H groups in total. The van der Waals surface area contributed by atoms with Crippen molar-refractivity contribution >= 4 is 0 Å². The highest BCUT2D eigenvalue weighted by molar-refractivity contribution is 5.44. The molecular formula is C13H19NO. The van der Waals surface area contributed by atoms with Gasteiger partial charge in [0.15, 0.2) is 0 Å². The highest BCUT2D eigenvalue weighted by atomic mass is 16.5. The van der Waals surface area contributed by atoms with E-state index in [0.717, 1.165) is 12.3 Å². The fourth-order valence-corrected chi connectivity index (χ4v) is 2.48. The first-order chi connectivity index (χ1) is 7.22. The van der Waals surface area contributed by atoms with Crippen LogP contribution in [0.1, 0.15) is 35.6 Å². The Hall–Kier alpha value is -1.02. The van der Waals surface area contributed by atoms with Gasteiger partial charge in [0.05, 0.1) is 7.11 Å². The molecule has 0 saturated carbocycles. The van der Waals surface area contributed by atoms with Crippen molar-refractivity contribution in [1.29, 1.82) is 0 Å². The number of methoxy groups -OCH3 is 1. The lowest BCUT2D eigenvalue weighted by Gasteiger charge is -2.15. The van der Waals surface area contributed by atoms with E-state index in [0.29, 0.717) is 6.04 Å². The first-order valence-electron chi connectivity index (χ1n) is 5.61. The topological polar surface area (TPSA) is 21.3 Å². The maximum absolute atomic E-state index is 5.37. The standard InChI is InChI=1S/C13H19NO/c1-9-7-11(12-5-4-6-14-12)8-10(2)13(9)15-3/h7-8,12,14H,4-6H2,1-3H3/t12-/m0/s1. The van der Waals surface area contributed by atoms with E-state index in [9.17, 15) is 0 Å². The Labute approximate surface area is 91.6 Å². The summed E-state index contributed by atoms with van der Waals surface area (Å²) >= 11 is 0. The van der Waals surface area contributed by atoms with Gasteiger partial charge in [0.25, 0.3) is 0 Å². The molecule has 1 atom stereocenters. The maximum atomic E-state index is 5.37. The number of ether oxygens (including phenoxy) is 1. The van der Waals surface area contributed by atoms with Crippen molar-refractivity contribution in [3.63, 3.8) is 0 Å². The van der Waals surface area contributed by atoms with Gasteiger partial charge in [-0.25, -0.2) is 0 Å². The third kappa shape index (κ3) is 2.00. The monoisotopic (exact) mass is 205 g/mol. The van der Waals surface area contributed by atoms with Crippen LogP contribution in [0.15, 0.2) is 12.1 Å². The van der Waals surface area contributed by atoms with Gasteiger partial charge in [-0.2, -0.15) is 0 Å². The second-order valence-corrected chi connectivity index (χ2v) is 4.34. The third-order valence-corrected chi connectivity index (χ3v) is 3.15. The van der Waals surface area contributed by atoms with Crippen LogP contribution in [0.2, 0.25) is 0 Å². The van der Waals surface area contributed by atoms with Gasteiger partial charge in [-0.05, 0) is 49.9 Å². The van der Waals surface area contributed by atoms with E-state index in [1.165, 1.54) is 29.5 Å². The Bertz CT molecular complexity index is 331. The fraction of sp³-hybridized carbons (Fsp3) is 0.538. The van der Waals surface area contributed by atoms with Gasteiger partial charge in [-0.15, -0.1) is 0 Å². The summed E-state index contributed by atoms with van der Waals surface area (Å²) in [5, 5.41) is 3.52. The van der Waals surface area contributed by atoms with Crippen molar-refractivity contribution in [2.75, 3.05) is 13.7 Å². The minimum atomic E-state index is 0.549. The minimum Gasteiger partial charge on any atom is -0.496 e. The highest BCUT2D eigenvalue weighted by Crippen LogP contribution is 2.30. The Balaban J connectivity index is 2.33. The van der Waals surface area contributed by atoms with E-state index in [1.54, 1.807) is 7.11 Å². The van der Waals surface area contributed by atoms with Crippen LogP contribution in [0.4, 0.5) is 0 Å². The minimum absolute atomic E-state index is 0.549. The molecule has 1 aromatic carbocycles. The van der Waals surface area contributed by atoms with Crippen molar-refractivity contribution in [3.05, 3.63) is 28.8 Å².